The van der Waals surface area contributed by atoms with Crippen LogP contribution in [-0.4, -0.2) is 16.1 Å². The maximum Gasteiger partial charge on any atom is 0.433 e. The van der Waals surface area contributed by atoms with Crippen molar-refractivity contribution in [2.75, 3.05) is 0 Å². The molecule has 0 fully saturated rings. The number of carbonyl (C=O) groups is 1. The molecule has 0 unspecified atom stereocenters. The van der Waals surface area contributed by atoms with E-state index >= 15 is 0 Å². The standard InChI is InChI=1S/C17H16F3NO2S/c1-3-4-11-5-7-12(8-6-11)24-14-10(2)15(17(18,19)20)21-9-13(14)16(22)23/h5-9H,3-4H2,1-2H3,(H,22,23). The second-order valence-electron chi connectivity index (χ2n) is 5.27. The lowest BCUT2D eigenvalue weighted by molar-refractivity contribution is -0.141. The molecule has 0 saturated heterocycles. The van der Waals surface area contributed by atoms with Gasteiger partial charge in [-0.25, -0.2) is 4.79 Å². The van der Waals surface area contributed by atoms with E-state index in [1.165, 1.54) is 6.92 Å². The normalized spacial score (nSPS) is 11.5. The van der Waals surface area contributed by atoms with Crippen molar-refractivity contribution in [1.29, 1.82) is 0 Å². The van der Waals surface area contributed by atoms with E-state index in [0.717, 1.165) is 36.4 Å². The van der Waals surface area contributed by atoms with Crippen molar-refractivity contribution < 1.29 is 23.1 Å². The summed E-state index contributed by atoms with van der Waals surface area (Å²) in [6, 6.07) is 7.36. The van der Waals surface area contributed by atoms with Gasteiger partial charge in [-0.15, -0.1) is 0 Å². The zero-order valence-electron chi connectivity index (χ0n) is 13.1. The highest BCUT2D eigenvalue weighted by atomic mass is 32.2. The van der Waals surface area contributed by atoms with Gasteiger partial charge >= 0.3 is 12.1 Å². The first-order chi connectivity index (χ1) is 11.2. The van der Waals surface area contributed by atoms with Gasteiger partial charge in [0.1, 0.15) is 5.69 Å². The summed E-state index contributed by atoms with van der Waals surface area (Å²) in [5.74, 6) is -1.30. The van der Waals surface area contributed by atoms with Crippen LogP contribution in [0.3, 0.4) is 0 Å². The number of halogens is 3. The van der Waals surface area contributed by atoms with Gasteiger partial charge in [-0.3, -0.25) is 4.98 Å². The molecule has 0 aliphatic heterocycles. The molecule has 0 aliphatic rings. The van der Waals surface area contributed by atoms with Crippen molar-refractivity contribution in [3.8, 4) is 0 Å². The quantitative estimate of drug-likeness (QED) is 0.800. The van der Waals surface area contributed by atoms with Gasteiger partial charge in [0.2, 0.25) is 0 Å². The minimum Gasteiger partial charge on any atom is -0.478 e. The van der Waals surface area contributed by atoms with Gasteiger partial charge in [0.15, 0.2) is 0 Å². The molecule has 2 rings (SSSR count). The van der Waals surface area contributed by atoms with E-state index in [1.807, 2.05) is 12.1 Å². The average Bonchev–Trinajstić information content (AvgIpc) is 2.49. The minimum atomic E-state index is -4.62. The number of benzene rings is 1. The van der Waals surface area contributed by atoms with Crippen LogP contribution in [0, 0.1) is 6.92 Å². The van der Waals surface area contributed by atoms with Gasteiger partial charge in [-0.1, -0.05) is 37.2 Å². The molecule has 0 atom stereocenters. The van der Waals surface area contributed by atoms with Gasteiger partial charge in [-0.2, -0.15) is 13.2 Å². The van der Waals surface area contributed by atoms with Crippen LogP contribution in [0.2, 0.25) is 0 Å². The van der Waals surface area contributed by atoms with Crippen molar-refractivity contribution in [1.82, 2.24) is 4.98 Å². The largest absolute Gasteiger partial charge is 0.478 e. The number of pyridine rings is 1. The number of aromatic nitrogens is 1. The third kappa shape index (κ3) is 4.08. The first kappa shape index (κ1) is 18.3. The van der Waals surface area contributed by atoms with Crippen molar-refractivity contribution >= 4 is 17.7 Å². The molecule has 1 aromatic carbocycles. The van der Waals surface area contributed by atoms with Crippen LogP contribution < -0.4 is 0 Å². The lowest BCUT2D eigenvalue weighted by atomic mass is 10.1. The number of carboxylic acid groups (broad SMARTS) is 1. The fourth-order valence-corrected chi connectivity index (χ4v) is 3.30. The summed E-state index contributed by atoms with van der Waals surface area (Å²) in [5.41, 5.74) is -0.339. The van der Waals surface area contributed by atoms with Gasteiger partial charge in [-0.05, 0) is 36.6 Å². The lowest BCUT2D eigenvalue weighted by Crippen LogP contribution is -2.13. The van der Waals surface area contributed by atoms with Crippen LogP contribution in [-0.2, 0) is 12.6 Å². The monoisotopic (exact) mass is 355 g/mol. The molecule has 1 aromatic heterocycles. The van der Waals surface area contributed by atoms with E-state index in [4.69, 9.17) is 0 Å². The maximum atomic E-state index is 13.0. The molecule has 0 aliphatic carbocycles. The predicted octanol–water partition coefficient (Wildman–Crippen LogP) is 5.21. The predicted molar refractivity (Wildman–Crippen MR) is 85.5 cm³/mol. The first-order valence-corrected chi connectivity index (χ1v) is 8.12. The minimum absolute atomic E-state index is 0.0630. The Morgan fingerprint density at radius 3 is 2.38 bits per heavy atom. The van der Waals surface area contributed by atoms with Crippen LogP contribution in [0.1, 0.15) is 40.5 Å². The highest BCUT2D eigenvalue weighted by molar-refractivity contribution is 7.99. The number of hydrogen-bond donors (Lipinski definition) is 1. The summed E-state index contributed by atoms with van der Waals surface area (Å²) >= 11 is 1.01. The second-order valence-corrected chi connectivity index (χ2v) is 6.36. The Bertz CT molecular complexity index is 743. The molecule has 3 nitrogen and oxygen atoms in total. The molecule has 24 heavy (non-hydrogen) atoms. The van der Waals surface area contributed by atoms with Crippen LogP contribution in [0.4, 0.5) is 13.2 Å². The number of carboxylic acids is 1. The van der Waals surface area contributed by atoms with E-state index in [9.17, 15) is 23.1 Å². The molecular formula is C17H16F3NO2S. The number of hydrogen-bond acceptors (Lipinski definition) is 3. The Balaban J connectivity index is 2.45. The molecule has 7 heteroatoms. The summed E-state index contributed by atoms with van der Waals surface area (Å²) in [4.78, 5) is 15.4. The van der Waals surface area contributed by atoms with E-state index < -0.39 is 17.8 Å². The number of nitrogens with zero attached hydrogens (tertiary/aromatic N) is 1. The molecule has 128 valence electrons. The third-order valence-electron chi connectivity index (χ3n) is 3.44. The number of aromatic carboxylic acids is 1. The number of rotatable bonds is 5. The number of alkyl halides is 3. The van der Waals surface area contributed by atoms with Crippen molar-refractivity contribution in [2.24, 2.45) is 0 Å². The topological polar surface area (TPSA) is 50.2 Å². The van der Waals surface area contributed by atoms with Gasteiger partial charge in [0.25, 0.3) is 0 Å². The van der Waals surface area contributed by atoms with Gasteiger partial charge < -0.3 is 5.11 Å². The molecular weight excluding hydrogens is 339 g/mol. The van der Waals surface area contributed by atoms with Crippen molar-refractivity contribution in [3.63, 3.8) is 0 Å². The fourth-order valence-electron chi connectivity index (χ4n) is 2.29. The Kier molecular flexibility index (Phi) is 5.54. The van der Waals surface area contributed by atoms with Crippen LogP contribution in [0.5, 0.6) is 0 Å². The Morgan fingerprint density at radius 2 is 1.88 bits per heavy atom. The molecule has 0 amide bonds. The summed E-state index contributed by atoms with van der Waals surface area (Å²) in [6.45, 7) is 3.30. The summed E-state index contributed by atoms with van der Waals surface area (Å²) < 4.78 is 39.1. The second kappa shape index (κ2) is 7.25. The number of aryl methyl sites for hydroxylation is 1. The molecule has 0 radical (unpaired) electrons. The van der Waals surface area contributed by atoms with Gasteiger partial charge in [0.05, 0.1) is 5.56 Å². The molecule has 1 heterocycles. The lowest BCUT2D eigenvalue weighted by Gasteiger charge is -2.15. The zero-order chi connectivity index (χ0) is 17.9. The summed E-state index contributed by atoms with van der Waals surface area (Å²) in [6.07, 6.45) is -1.95. The van der Waals surface area contributed by atoms with E-state index in [1.54, 1.807) is 12.1 Å². The van der Waals surface area contributed by atoms with E-state index in [2.05, 4.69) is 11.9 Å². The van der Waals surface area contributed by atoms with Crippen LogP contribution >= 0.6 is 11.8 Å². The van der Waals surface area contributed by atoms with E-state index in [0.29, 0.717) is 4.90 Å². The third-order valence-corrected chi connectivity index (χ3v) is 4.68. The zero-order valence-corrected chi connectivity index (χ0v) is 14.0. The molecule has 0 saturated carbocycles. The summed E-state index contributed by atoms with van der Waals surface area (Å²) in [7, 11) is 0. The highest BCUT2D eigenvalue weighted by Gasteiger charge is 2.36. The van der Waals surface area contributed by atoms with Crippen LogP contribution in [0.25, 0.3) is 0 Å². The maximum absolute atomic E-state index is 13.0. The first-order valence-electron chi connectivity index (χ1n) is 7.31. The molecule has 2 aromatic rings. The Hall–Kier alpha value is -2.02. The van der Waals surface area contributed by atoms with Gasteiger partial charge in [0, 0.05) is 16.0 Å². The molecule has 1 N–H and O–H groups in total. The molecule has 0 spiro atoms. The average molecular weight is 355 g/mol. The smallest absolute Gasteiger partial charge is 0.433 e. The molecule has 0 bridgehead atoms. The van der Waals surface area contributed by atoms with Crippen LogP contribution in [0.15, 0.2) is 40.3 Å². The van der Waals surface area contributed by atoms with Crippen molar-refractivity contribution in [3.05, 3.63) is 52.8 Å². The summed E-state index contributed by atoms with van der Waals surface area (Å²) in [5, 5.41) is 9.24. The highest BCUT2D eigenvalue weighted by Crippen LogP contribution is 2.39. The van der Waals surface area contributed by atoms with E-state index in [-0.39, 0.29) is 16.0 Å². The Labute approximate surface area is 141 Å². The fraction of sp³-hybridized carbons (Fsp3) is 0.294. The Morgan fingerprint density at radius 1 is 1.25 bits per heavy atom. The van der Waals surface area contributed by atoms with Crippen molar-refractivity contribution in [2.45, 2.75) is 42.7 Å². The SMILES string of the molecule is CCCc1ccc(Sc2c(C(=O)O)cnc(C(F)(F)F)c2C)cc1.